The Morgan fingerprint density at radius 2 is 1.88 bits per heavy atom. The van der Waals surface area contributed by atoms with Crippen LogP contribution in [0.15, 0.2) is 0 Å². The van der Waals surface area contributed by atoms with Crippen molar-refractivity contribution in [2.45, 2.75) is 71.9 Å². The standard InChI is InChI=1S/C13H28N2O/c1-6-8-13(5,7-2)11(14)9-12(3,4)15-10-16/h10-11H,6-9,14H2,1-5H3,(H,15,16). The van der Waals surface area contributed by atoms with E-state index in [1.807, 2.05) is 13.8 Å². The molecule has 0 spiro atoms. The fraction of sp³-hybridized carbons (Fsp3) is 0.923. The van der Waals surface area contributed by atoms with Gasteiger partial charge in [-0.05, 0) is 38.5 Å². The number of carbonyl (C=O) groups excluding carboxylic acids is 1. The third-order valence-electron chi connectivity index (χ3n) is 3.70. The van der Waals surface area contributed by atoms with Crippen LogP contribution in [0.1, 0.15) is 60.3 Å². The highest BCUT2D eigenvalue weighted by atomic mass is 16.1. The van der Waals surface area contributed by atoms with Crippen LogP contribution < -0.4 is 11.1 Å². The van der Waals surface area contributed by atoms with Crippen molar-refractivity contribution < 1.29 is 4.79 Å². The van der Waals surface area contributed by atoms with Crippen LogP contribution in [0.2, 0.25) is 0 Å². The van der Waals surface area contributed by atoms with Crippen LogP contribution in [0.4, 0.5) is 0 Å². The van der Waals surface area contributed by atoms with Gasteiger partial charge in [0.1, 0.15) is 0 Å². The Morgan fingerprint density at radius 1 is 1.31 bits per heavy atom. The van der Waals surface area contributed by atoms with Gasteiger partial charge in [0.25, 0.3) is 0 Å². The summed E-state index contributed by atoms with van der Waals surface area (Å²) >= 11 is 0. The lowest BCUT2D eigenvalue weighted by molar-refractivity contribution is -0.111. The van der Waals surface area contributed by atoms with Gasteiger partial charge in [-0.2, -0.15) is 0 Å². The van der Waals surface area contributed by atoms with Crippen molar-refractivity contribution in [2.24, 2.45) is 11.1 Å². The molecule has 2 atom stereocenters. The molecule has 3 N–H and O–H groups in total. The second kappa shape index (κ2) is 6.24. The van der Waals surface area contributed by atoms with Gasteiger partial charge in [0.05, 0.1) is 0 Å². The van der Waals surface area contributed by atoms with Crippen LogP contribution in [0.5, 0.6) is 0 Å². The lowest BCUT2D eigenvalue weighted by Gasteiger charge is -2.39. The summed E-state index contributed by atoms with van der Waals surface area (Å²) in [6.07, 6.45) is 4.95. The molecule has 0 aromatic heterocycles. The van der Waals surface area contributed by atoms with Gasteiger partial charge in [-0.25, -0.2) is 0 Å². The number of nitrogens with one attached hydrogen (secondary N) is 1. The molecule has 0 fully saturated rings. The summed E-state index contributed by atoms with van der Waals surface area (Å²) in [6, 6.07) is 0.125. The van der Waals surface area contributed by atoms with E-state index in [-0.39, 0.29) is 17.0 Å². The molecule has 0 radical (unpaired) electrons. The molecule has 0 heterocycles. The Bertz CT molecular complexity index is 216. The fourth-order valence-corrected chi connectivity index (χ4v) is 2.21. The average molecular weight is 228 g/mol. The molecule has 2 unspecified atom stereocenters. The smallest absolute Gasteiger partial charge is 0.207 e. The quantitative estimate of drug-likeness (QED) is 0.627. The summed E-state index contributed by atoms with van der Waals surface area (Å²) in [4.78, 5) is 10.5. The van der Waals surface area contributed by atoms with Crippen LogP contribution in [-0.2, 0) is 4.79 Å². The van der Waals surface area contributed by atoms with E-state index in [2.05, 4.69) is 26.1 Å². The number of hydrogen-bond donors (Lipinski definition) is 2. The van der Waals surface area contributed by atoms with E-state index in [9.17, 15) is 4.79 Å². The summed E-state index contributed by atoms with van der Waals surface area (Å²) in [5, 5.41) is 2.83. The minimum absolute atomic E-state index is 0.125. The zero-order valence-corrected chi connectivity index (χ0v) is 11.5. The summed E-state index contributed by atoms with van der Waals surface area (Å²) in [7, 11) is 0. The Hall–Kier alpha value is -0.570. The van der Waals surface area contributed by atoms with Crippen molar-refractivity contribution in [3.05, 3.63) is 0 Å². The van der Waals surface area contributed by atoms with E-state index in [0.29, 0.717) is 0 Å². The topological polar surface area (TPSA) is 55.1 Å². The number of nitrogens with two attached hydrogens (primary N) is 1. The summed E-state index contributed by atoms with van der Waals surface area (Å²) in [5.74, 6) is 0. The van der Waals surface area contributed by atoms with E-state index in [0.717, 1.165) is 32.1 Å². The van der Waals surface area contributed by atoms with Crippen LogP contribution in [-0.4, -0.2) is 18.0 Å². The van der Waals surface area contributed by atoms with Gasteiger partial charge in [-0.15, -0.1) is 0 Å². The highest BCUT2D eigenvalue weighted by Gasteiger charge is 2.33. The maximum atomic E-state index is 10.5. The Balaban J connectivity index is 4.52. The second-order valence-corrected chi connectivity index (χ2v) is 5.71. The van der Waals surface area contributed by atoms with Gasteiger partial charge in [-0.3, -0.25) is 4.79 Å². The molecule has 96 valence electrons. The molecule has 3 nitrogen and oxygen atoms in total. The lowest BCUT2D eigenvalue weighted by atomic mass is 9.72. The van der Waals surface area contributed by atoms with E-state index in [1.165, 1.54) is 0 Å². The SMILES string of the molecule is CCCC(C)(CC)C(N)CC(C)(C)NC=O. The zero-order valence-electron chi connectivity index (χ0n) is 11.5. The van der Waals surface area contributed by atoms with Crippen LogP contribution in [0.25, 0.3) is 0 Å². The van der Waals surface area contributed by atoms with Crippen molar-refractivity contribution in [2.75, 3.05) is 0 Å². The summed E-state index contributed by atoms with van der Waals surface area (Å²) in [6.45, 7) is 10.7. The summed E-state index contributed by atoms with van der Waals surface area (Å²) in [5.41, 5.74) is 6.27. The van der Waals surface area contributed by atoms with E-state index < -0.39 is 0 Å². The minimum atomic E-state index is -0.217. The van der Waals surface area contributed by atoms with Crippen molar-refractivity contribution in [1.82, 2.24) is 5.32 Å². The maximum Gasteiger partial charge on any atom is 0.207 e. The van der Waals surface area contributed by atoms with E-state index in [4.69, 9.17) is 5.73 Å². The Kier molecular flexibility index (Phi) is 6.01. The number of rotatable bonds is 8. The van der Waals surface area contributed by atoms with Gasteiger partial charge in [0.2, 0.25) is 6.41 Å². The van der Waals surface area contributed by atoms with Gasteiger partial charge >= 0.3 is 0 Å². The molecule has 0 saturated carbocycles. The number of carbonyl (C=O) groups is 1. The molecule has 0 bridgehead atoms. The zero-order chi connectivity index (χ0) is 12.8. The molecule has 0 aliphatic carbocycles. The van der Waals surface area contributed by atoms with Crippen LogP contribution >= 0.6 is 0 Å². The third kappa shape index (κ3) is 4.52. The Labute approximate surface area is 100 Å². The first-order chi connectivity index (χ1) is 7.31. The molecule has 0 saturated heterocycles. The molecular weight excluding hydrogens is 200 g/mol. The molecule has 0 aromatic rings. The Morgan fingerprint density at radius 3 is 2.25 bits per heavy atom. The predicted octanol–water partition coefficient (Wildman–Crippen LogP) is 2.44. The highest BCUT2D eigenvalue weighted by Crippen LogP contribution is 2.33. The van der Waals surface area contributed by atoms with Crippen molar-refractivity contribution >= 4 is 6.41 Å². The van der Waals surface area contributed by atoms with E-state index in [1.54, 1.807) is 0 Å². The van der Waals surface area contributed by atoms with Gasteiger partial charge in [0.15, 0.2) is 0 Å². The van der Waals surface area contributed by atoms with Crippen molar-refractivity contribution in [3.63, 3.8) is 0 Å². The first kappa shape index (κ1) is 15.4. The first-order valence-corrected chi connectivity index (χ1v) is 6.28. The molecule has 1 amide bonds. The first-order valence-electron chi connectivity index (χ1n) is 6.28. The van der Waals surface area contributed by atoms with Gasteiger partial charge < -0.3 is 11.1 Å². The van der Waals surface area contributed by atoms with E-state index >= 15 is 0 Å². The molecule has 0 aliphatic heterocycles. The van der Waals surface area contributed by atoms with Crippen molar-refractivity contribution in [3.8, 4) is 0 Å². The predicted molar refractivity (Wildman–Crippen MR) is 69.2 cm³/mol. The molecule has 16 heavy (non-hydrogen) atoms. The highest BCUT2D eigenvalue weighted by molar-refractivity contribution is 5.47. The maximum absolute atomic E-state index is 10.5. The molecule has 3 heteroatoms. The monoisotopic (exact) mass is 228 g/mol. The number of amides is 1. The largest absolute Gasteiger partial charge is 0.354 e. The third-order valence-corrected chi connectivity index (χ3v) is 3.70. The molecule has 0 aliphatic rings. The normalized spacial score (nSPS) is 17.6. The molecule has 0 aromatic carbocycles. The second-order valence-electron chi connectivity index (χ2n) is 5.71. The number of hydrogen-bond acceptors (Lipinski definition) is 2. The minimum Gasteiger partial charge on any atom is -0.354 e. The van der Waals surface area contributed by atoms with Gasteiger partial charge in [-0.1, -0.05) is 27.2 Å². The fourth-order valence-electron chi connectivity index (χ4n) is 2.21. The molecule has 0 rings (SSSR count). The van der Waals surface area contributed by atoms with Crippen LogP contribution in [0.3, 0.4) is 0 Å². The summed E-state index contributed by atoms with van der Waals surface area (Å²) < 4.78 is 0. The molecular formula is C13H28N2O. The van der Waals surface area contributed by atoms with Gasteiger partial charge in [0, 0.05) is 11.6 Å². The van der Waals surface area contributed by atoms with Crippen LogP contribution in [0, 0.1) is 5.41 Å². The lowest BCUT2D eigenvalue weighted by Crippen LogP contribution is -2.49. The van der Waals surface area contributed by atoms with Crippen molar-refractivity contribution in [1.29, 1.82) is 0 Å². The average Bonchev–Trinajstić information content (AvgIpc) is 2.16.